The van der Waals surface area contributed by atoms with Gasteiger partial charge in [0, 0.05) is 5.69 Å². The standard InChI is InChI=1S/C17H25NO2/c1-3-20-17(19)16(14-9-5-4-6-10-14)18-15-11-7-8-13(2)12-15/h7-8,11-12,14,16,18H,3-6,9-10H2,1-2H3. The average Bonchev–Trinajstić information content (AvgIpc) is 2.46. The number of nitrogens with one attached hydrogen (secondary N) is 1. The van der Waals surface area contributed by atoms with Crippen LogP contribution in [-0.2, 0) is 9.53 Å². The van der Waals surface area contributed by atoms with Gasteiger partial charge in [0.1, 0.15) is 6.04 Å². The first-order chi connectivity index (χ1) is 9.70. The summed E-state index contributed by atoms with van der Waals surface area (Å²) in [7, 11) is 0. The lowest BCUT2D eigenvalue weighted by Crippen LogP contribution is -2.39. The quantitative estimate of drug-likeness (QED) is 0.828. The molecule has 20 heavy (non-hydrogen) atoms. The van der Waals surface area contributed by atoms with Gasteiger partial charge in [-0.2, -0.15) is 0 Å². The van der Waals surface area contributed by atoms with Crippen LogP contribution in [0.15, 0.2) is 24.3 Å². The van der Waals surface area contributed by atoms with E-state index in [4.69, 9.17) is 4.74 Å². The number of hydrogen-bond acceptors (Lipinski definition) is 3. The number of aryl methyl sites for hydroxylation is 1. The van der Waals surface area contributed by atoms with Crippen molar-refractivity contribution in [2.45, 2.75) is 52.0 Å². The van der Waals surface area contributed by atoms with Gasteiger partial charge >= 0.3 is 5.97 Å². The second-order valence-corrected chi connectivity index (χ2v) is 5.64. The van der Waals surface area contributed by atoms with E-state index < -0.39 is 0 Å². The minimum absolute atomic E-state index is 0.110. The van der Waals surface area contributed by atoms with Crippen molar-refractivity contribution in [3.63, 3.8) is 0 Å². The average molecular weight is 275 g/mol. The van der Waals surface area contributed by atoms with Crippen molar-refractivity contribution in [2.75, 3.05) is 11.9 Å². The van der Waals surface area contributed by atoms with Crippen molar-refractivity contribution in [3.8, 4) is 0 Å². The number of anilines is 1. The van der Waals surface area contributed by atoms with Crippen molar-refractivity contribution in [2.24, 2.45) is 5.92 Å². The van der Waals surface area contributed by atoms with E-state index in [0.717, 1.165) is 18.5 Å². The van der Waals surface area contributed by atoms with E-state index in [1.807, 2.05) is 19.1 Å². The fourth-order valence-electron chi connectivity index (χ4n) is 2.98. The van der Waals surface area contributed by atoms with Gasteiger partial charge in [-0.25, -0.2) is 4.79 Å². The SMILES string of the molecule is CCOC(=O)C(Nc1cccc(C)c1)C1CCCCC1. The molecule has 1 atom stereocenters. The van der Waals surface area contributed by atoms with Crippen LogP contribution in [0, 0.1) is 12.8 Å². The predicted molar refractivity (Wildman–Crippen MR) is 81.8 cm³/mol. The van der Waals surface area contributed by atoms with Crippen LogP contribution in [0.3, 0.4) is 0 Å². The summed E-state index contributed by atoms with van der Waals surface area (Å²) in [4.78, 5) is 12.2. The molecule has 0 aromatic heterocycles. The third-order valence-electron chi connectivity index (χ3n) is 4.00. The highest BCUT2D eigenvalue weighted by Crippen LogP contribution is 2.29. The first kappa shape index (κ1) is 14.9. The van der Waals surface area contributed by atoms with Crippen molar-refractivity contribution in [1.29, 1.82) is 0 Å². The van der Waals surface area contributed by atoms with Gasteiger partial charge in [0.05, 0.1) is 6.61 Å². The van der Waals surface area contributed by atoms with Crippen LogP contribution in [0.5, 0.6) is 0 Å². The molecule has 1 aromatic rings. The Hall–Kier alpha value is -1.51. The molecular formula is C17H25NO2. The minimum Gasteiger partial charge on any atom is -0.464 e. The van der Waals surface area contributed by atoms with E-state index in [2.05, 4.69) is 24.4 Å². The molecule has 1 unspecified atom stereocenters. The molecule has 1 aliphatic rings. The van der Waals surface area contributed by atoms with Gasteiger partial charge in [0.2, 0.25) is 0 Å². The molecular weight excluding hydrogens is 250 g/mol. The Morgan fingerprint density at radius 1 is 1.35 bits per heavy atom. The van der Waals surface area contributed by atoms with E-state index in [1.54, 1.807) is 0 Å². The Balaban J connectivity index is 2.10. The van der Waals surface area contributed by atoms with Gasteiger partial charge in [-0.1, -0.05) is 31.4 Å². The van der Waals surface area contributed by atoms with E-state index in [-0.39, 0.29) is 12.0 Å². The summed E-state index contributed by atoms with van der Waals surface area (Å²) in [6.07, 6.45) is 5.95. The van der Waals surface area contributed by atoms with Crippen molar-refractivity contribution < 1.29 is 9.53 Å². The Kier molecular flexibility index (Phi) is 5.45. The smallest absolute Gasteiger partial charge is 0.328 e. The fourth-order valence-corrected chi connectivity index (χ4v) is 2.98. The molecule has 1 N–H and O–H groups in total. The van der Waals surface area contributed by atoms with Crippen LogP contribution < -0.4 is 5.32 Å². The Morgan fingerprint density at radius 3 is 2.75 bits per heavy atom. The molecule has 1 saturated carbocycles. The zero-order valence-corrected chi connectivity index (χ0v) is 12.5. The second kappa shape index (κ2) is 7.32. The largest absolute Gasteiger partial charge is 0.464 e. The van der Waals surface area contributed by atoms with Crippen molar-refractivity contribution >= 4 is 11.7 Å². The summed E-state index contributed by atoms with van der Waals surface area (Å²) < 4.78 is 5.26. The number of benzene rings is 1. The molecule has 1 aromatic carbocycles. The highest BCUT2D eigenvalue weighted by atomic mass is 16.5. The molecule has 2 rings (SSSR count). The van der Waals surface area contributed by atoms with Crippen LogP contribution in [0.25, 0.3) is 0 Å². The lowest BCUT2D eigenvalue weighted by atomic mass is 9.83. The zero-order chi connectivity index (χ0) is 14.4. The van der Waals surface area contributed by atoms with Gasteiger partial charge in [0.25, 0.3) is 0 Å². The number of ether oxygens (including phenoxy) is 1. The van der Waals surface area contributed by atoms with Crippen LogP contribution >= 0.6 is 0 Å². The molecule has 3 heteroatoms. The Labute approximate surface area is 121 Å². The molecule has 1 fully saturated rings. The highest BCUT2D eigenvalue weighted by molar-refractivity contribution is 5.79. The van der Waals surface area contributed by atoms with E-state index in [9.17, 15) is 4.79 Å². The fraction of sp³-hybridized carbons (Fsp3) is 0.588. The molecule has 1 aliphatic carbocycles. The number of hydrogen-bond donors (Lipinski definition) is 1. The van der Waals surface area contributed by atoms with Crippen molar-refractivity contribution in [1.82, 2.24) is 0 Å². The second-order valence-electron chi connectivity index (χ2n) is 5.64. The van der Waals surface area contributed by atoms with Crippen LogP contribution in [0.2, 0.25) is 0 Å². The number of carbonyl (C=O) groups excluding carboxylic acids is 1. The topological polar surface area (TPSA) is 38.3 Å². The monoisotopic (exact) mass is 275 g/mol. The zero-order valence-electron chi connectivity index (χ0n) is 12.5. The first-order valence-electron chi connectivity index (χ1n) is 7.70. The highest BCUT2D eigenvalue weighted by Gasteiger charge is 2.30. The summed E-state index contributed by atoms with van der Waals surface area (Å²) in [6, 6.07) is 7.96. The summed E-state index contributed by atoms with van der Waals surface area (Å²) in [5, 5.41) is 3.40. The third kappa shape index (κ3) is 3.99. The number of carbonyl (C=O) groups is 1. The molecule has 3 nitrogen and oxygen atoms in total. The third-order valence-corrected chi connectivity index (χ3v) is 4.00. The predicted octanol–water partition coefficient (Wildman–Crippen LogP) is 3.92. The van der Waals surface area contributed by atoms with Gasteiger partial charge in [-0.3, -0.25) is 0 Å². The summed E-state index contributed by atoms with van der Waals surface area (Å²) in [5.74, 6) is 0.282. The minimum atomic E-state index is -0.211. The maximum Gasteiger partial charge on any atom is 0.328 e. The lowest BCUT2D eigenvalue weighted by Gasteiger charge is -2.30. The van der Waals surface area contributed by atoms with Crippen LogP contribution in [-0.4, -0.2) is 18.6 Å². The van der Waals surface area contributed by atoms with E-state index >= 15 is 0 Å². The van der Waals surface area contributed by atoms with Crippen LogP contribution in [0.1, 0.15) is 44.6 Å². The molecule has 0 saturated heterocycles. The van der Waals surface area contributed by atoms with Gasteiger partial charge in [-0.05, 0) is 50.3 Å². The lowest BCUT2D eigenvalue weighted by molar-refractivity contribution is -0.145. The van der Waals surface area contributed by atoms with Gasteiger partial charge in [-0.15, -0.1) is 0 Å². The molecule has 0 heterocycles. The molecule has 0 amide bonds. The molecule has 0 radical (unpaired) electrons. The maximum absolute atomic E-state index is 12.2. The number of esters is 1. The summed E-state index contributed by atoms with van der Waals surface area (Å²) in [5.41, 5.74) is 2.20. The summed E-state index contributed by atoms with van der Waals surface area (Å²) >= 11 is 0. The normalized spacial score (nSPS) is 17.5. The molecule has 0 aliphatic heterocycles. The Bertz CT molecular complexity index is 438. The van der Waals surface area contributed by atoms with Gasteiger partial charge in [0.15, 0.2) is 0 Å². The Morgan fingerprint density at radius 2 is 2.10 bits per heavy atom. The van der Waals surface area contributed by atoms with Gasteiger partial charge < -0.3 is 10.1 Å². The van der Waals surface area contributed by atoms with E-state index in [0.29, 0.717) is 12.5 Å². The summed E-state index contributed by atoms with van der Waals surface area (Å²) in [6.45, 7) is 4.37. The first-order valence-corrected chi connectivity index (χ1v) is 7.70. The molecule has 110 valence electrons. The van der Waals surface area contributed by atoms with Crippen LogP contribution in [0.4, 0.5) is 5.69 Å². The molecule has 0 bridgehead atoms. The van der Waals surface area contributed by atoms with Crippen molar-refractivity contribution in [3.05, 3.63) is 29.8 Å². The number of rotatable bonds is 5. The maximum atomic E-state index is 12.2. The van der Waals surface area contributed by atoms with E-state index in [1.165, 1.54) is 24.8 Å². The molecule has 0 spiro atoms.